The molecule has 0 aromatic heterocycles. The van der Waals surface area contributed by atoms with Crippen molar-refractivity contribution in [3.63, 3.8) is 0 Å². The zero-order chi connectivity index (χ0) is 15.5. The largest absolute Gasteiger partial charge is 0.496 e. The van der Waals surface area contributed by atoms with Crippen LogP contribution in [0.5, 0.6) is 5.75 Å². The van der Waals surface area contributed by atoms with E-state index in [0.717, 1.165) is 25.1 Å². The first-order chi connectivity index (χ1) is 9.96. The van der Waals surface area contributed by atoms with Crippen molar-refractivity contribution in [2.24, 2.45) is 11.1 Å². The van der Waals surface area contributed by atoms with Gasteiger partial charge in [0.25, 0.3) is 0 Å². The highest BCUT2D eigenvalue weighted by molar-refractivity contribution is 5.78. The first-order valence-electron chi connectivity index (χ1n) is 7.61. The van der Waals surface area contributed by atoms with Crippen molar-refractivity contribution in [1.82, 2.24) is 4.90 Å². The third-order valence-corrected chi connectivity index (χ3v) is 4.57. The SMILES string of the molecule is COc1ccccc1CC(C)N(C)CC1(CC(=N)N)CC1. The zero-order valence-electron chi connectivity index (χ0n) is 13.4. The Hall–Kier alpha value is -1.55. The van der Waals surface area contributed by atoms with Gasteiger partial charge < -0.3 is 15.4 Å². The monoisotopic (exact) mass is 289 g/mol. The van der Waals surface area contributed by atoms with Crippen LogP contribution in [-0.2, 0) is 6.42 Å². The molecule has 1 aliphatic rings. The first-order valence-corrected chi connectivity index (χ1v) is 7.61. The van der Waals surface area contributed by atoms with E-state index < -0.39 is 0 Å². The summed E-state index contributed by atoms with van der Waals surface area (Å²) >= 11 is 0. The van der Waals surface area contributed by atoms with Crippen molar-refractivity contribution in [3.05, 3.63) is 29.8 Å². The van der Waals surface area contributed by atoms with E-state index in [0.29, 0.717) is 11.9 Å². The summed E-state index contributed by atoms with van der Waals surface area (Å²) in [6, 6.07) is 8.64. The van der Waals surface area contributed by atoms with E-state index >= 15 is 0 Å². The minimum absolute atomic E-state index is 0.260. The highest BCUT2D eigenvalue weighted by Gasteiger charge is 2.44. The summed E-state index contributed by atoms with van der Waals surface area (Å²) < 4.78 is 5.43. The molecule has 21 heavy (non-hydrogen) atoms. The van der Waals surface area contributed by atoms with Crippen LogP contribution in [0.25, 0.3) is 0 Å². The number of methoxy groups -OCH3 is 1. The maximum absolute atomic E-state index is 7.52. The standard InChI is InChI=1S/C17H27N3O/c1-13(10-14-6-4-5-7-15(14)21-3)20(2)12-17(8-9-17)11-16(18)19/h4-7,13H,8-12H2,1-3H3,(H3,18,19). The quantitative estimate of drug-likeness (QED) is 0.571. The lowest BCUT2D eigenvalue weighted by atomic mass is 9.99. The smallest absolute Gasteiger partial charge is 0.122 e. The Kier molecular flexibility index (Phi) is 4.88. The number of likely N-dealkylation sites (N-methyl/N-ethyl adjacent to an activating group) is 1. The number of para-hydroxylation sites is 1. The number of hydrogen-bond donors (Lipinski definition) is 2. The van der Waals surface area contributed by atoms with Crippen LogP contribution in [0.2, 0.25) is 0 Å². The van der Waals surface area contributed by atoms with Gasteiger partial charge in [0, 0.05) is 19.0 Å². The molecule has 0 spiro atoms. The van der Waals surface area contributed by atoms with Gasteiger partial charge in [-0.05, 0) is 50.3 Å². The third-order valence-electron chi connectivity index (χ3n) is 4.57. The topological polar surface area (TPSA) is 62.3 Å². The van der Waals surface area contributed by atoms with Gasteiger partial charge in [-0.1, -0.05) is 18.2 Å². The van der Waals surface area contributed by atoms with Crippen LogP contribution in [0, 0.1) is 10.8 Å². The second-order valence-electron chi connectivity index (χ2n) is 6.48. The lowest BCUT2D eigenvalue weighted by Gasteiger charge is -2.29. The number of amidine groups is 1. The third kappa shape index (κ3) is 4.21. The molecule has 0 saturated heterocycles. The van der Waals surface area contributed by atoms with Crippen molar-refractivity contribution >= 4 is 5.84 Å². The zero-order valence-corrected chi connectivity index (χ0v) is 13.4. The molecule has 2 rings (SSSR count). The second-order valence-corrected chi connectivity index (χ2v) is 6.48. The van der Waals surface area contributed by atoms with Crippen molar-refractivity contribution in [1.29, 1.82) is 5.41 Å². The Bertz CT molecular complexity index is 497. The lowest BCUT2D eigenvalue weighted by Crippen LogP contribution is -2.37. The van der Waals surface area contributed by atoms with Gasteiger partial charge in [0.2, 0.25) is 0 Å². The summed E-state index contributed by atoms with van der Waals surface area (Å²) in [6.45, 7) is 3.26. The van der Waals surface area contributed by atoms with Gasteiger partial charge in [-0.2, -0.15) is 0 Å². The van der Waals surface area contributed by atoms with Crippen LogP contribution in [0.3, 0.4) is 0 Å². The number of ether oxygens (including phenoxy) is 1. The average molecular weight is 289 g/mol. The maximum atomic E-state index is 7.52. The number of nitrogens with two attached hydrogens (primary N) is 1. The van der Waals surface area contributed by atoms with E-state index in [1.807, 2.05) is 12.1 Å². The fourth-order valence-electron chi connectivity index (χ4n) is 3.00. The summed E-state index contributed by atoms with van der Waals surface area (Å²) in [6.07, 6.45) is 4.09. The van der Waals surface area contributed by atoms with Crippen molar-refractivity contribution in [3.8, 4) is 5.75 Å². The van der Waals surface area contributed by atoms with Gasteiger partial charge in [0.15, 0.2) is 0 Å². The Balaban J connectivity index is 1.94. The van der Waals surface area contributed by atoms with E-state index in [1.54, 1.807) is 7.11 Å². The Morgan fingerprint density at radius 2 is 2.10 bits per heavy atom. The fraction of sp³-hybridized carbons (Fsp3) is 0.588. The van der Waals surface area contributed by atoms with Gasteiger partial charge in [-0.25, -0.2) is 0 Å². The average Bonchev–Trinajstić information content (AvgIpc) is 3.17. The highest BCUT2D eigenvalue weighted by atomic mass is 16.5. The number of hydrogen-bond acceptors (Lipinski definition) is 3. The molecule has 1 unspecified atom stereocenters. The second kappa shape index (κ2) is 6.48. The minimum atomic E-state index is 0.260. The molecule has 0 amide bonds. The molecule has 0 aliphatic heterocycles. The van der Waals surface area contributed by atoms with Crippen LogP contribution in [-0.4, -0.2) is 37.5 Å². The van der Waals surface area contributed by atoms with Gasteiger partial charge in [-0.3, -0.25) is 5.41 Å². The van der Waals surface area contributed by atoms with Crippen LogP contribution in [0.15, 0.2) is 24.3 Å². The summed E-state index contributed by atoms with van der Waals surface area (Å²) in [4.78, 5) is 2.39. The summed E-state index contributed by atoms with van der Waals surface area (Å²) in [5, 5.41) is 7.52. The van der Waals surface area contributed by atoms with Gasteiger partial charge in [0.1, 0.15) is 5.75 Å². The van der Waals surface area contributed by atoms with Gasteiger partial charge >= 0.3 is 0 Å². The van der Waals surface area contributed by atoms with Crippen molar-refractivity contribution in [2.45, 2.75) is 38.6 Å². The maximum Gasteiger partial charge on any atom is 0.122 e. The molecular weight excluding hydrogens is 262 g/mol. The van der Waals surface area contributed by atoms with Crippen LogP contribution < -0.4 is 10.5 Å². The Labute approximate surface area is 127 Å². The molecule has 1 aromatic rings. The highest BCUT2D eigenvalue weighted by Crippen LogP contribution is 2.49. The van der Waals surface area contributed by atoms with Gasteiger partial charge in [-0.15, -0.1) is 0 Å². The molecule has 1 aromatic carbocycles. The molecule has 3 N–H and O–H groups in total. The molecule has 1 aliphatic carbocycles. The molecule has 1 saturated carbocycles. The van der Waals surface area contributed by atoms with E-state index in [4.69, 9.17) is 15.9 Å². The van der Waals surface area contributed by atoms with Crippen LogP contribution in [0.1, 0.15) is 31.7 Å². The molecule has 0 bridgehead atoms. The van der Waals surface area contributed by atoms with Gasteiger partial charge in [0.05, 0.1) is 12.9 Å². The van der Waals surface area contributed by atoms with E-state index in [9.17, 15) is 0 Å². The van der Waals surface area contributed by atoms with E-state index in [2.05, 4.69) is 31.0 Å². The molecular formula is C17H27N3O. The van der Waals surface area contributed by atoms with Crippen LogP contribution >= 0.6 is 0 Å². The van der Waals surface area contributed by atoms with E-state index in [1.165, 1.54) is 18.4 Å². The Morgan fingerprint density at radius 1 is 1.43 bits per heavy atom. The minimum Gasteiger partial charge on any atom is -0.496 e. The molecule has 4 heteroatoms. The molecule has 116 valence electrons. The van der Waals surface area contributed by atoms with Crippen molar-refractivity contribution < 1.29 is 4.74 Å². The summed E-state index contributed by atoms with van der Waals surface area (Å²) in [5.74, 6) is 1.28. The molecule has 4 nitrogen and oxygen atoms in total. The number of benzene rings is 1. The normalized spacial score (nSPS) is 17.5. The van der Waals surface area contributed by atoms with Crippen molar-refractivity contribution in [2.75, 3.05) is 20.7 Å². The molecule has 0 radical (unpaired) electrons. The lowest BCUT2D eigenvalue weighted by molar-refractivity contribution is 0.207. The number of nitrogens with zero attached hydrogens (tertiary/aromatic N) is 1. The predicted octanol–water partition coefficient (Wildman–Crippen LogP) is 2.66. The molecule has 1 atom stereocenters. The van der Waals surface area contributed by atoms with Crippen LogP contribution in [0.4, 0.5) is 0 Å². The fourth-order valence-corrected chi connectivity index (χ4v) is 3.00. The first kappa shape index (κ1) is 15.8. The molecule has 1 fully saturated rings. The summed E-state index contributed by atoms with van der Waals surface area (Å²) in [5.41, 5.74) is 7.09. The Morgan fingerprint density at radius 3 is 2.67 bits per heavy atom. The molecule has 0 heterocycles. The number of nitrogens with one attached hydrogen (secondary N) is 1. The van der Waals surface area contributed by atoms with E-state index in [-0.39, 0.29) is 5.41 Å². The predicted molar refractivity (Wildman–Crippen MR) is 87.0 cm³/mol. The summed E-state index contributed by atoms with van der Waals surface area (Å²) in [7, 11) is 3.89. The number of rotatable bonds is 8.